The van der Waals surface area contributed by atoms with Gasteiger partial charge in [-0.3, -0.25) is 0 Å². The first-order valence-corrected chi connectivity index (χ1v) is 2.72. The van der Waals surface area contributed by atoms with Crippen molar-refractivity contribution < 1.29 is 9.47 Å². The fraction of sp³-hybridized carbons (Fsp3) is 0.833. The first-order valence-electron chi connectivity index (χ1n) is 2.72. The Morgan fingerprint density at radius 1 is 1.38 bits per heavy atom. The van der Waals surface area contributed by atoms with Gasteiger partial charge < -0.3 is 9.47 Å². The van der Waals surface area contributed by atoms with Crippen LogP contribution in [-0.4, -0.2) is 20.0 Å². The second-order valence-electron chi connectivity index (χ2n) is 2.63. The molecule has 1 aliphatic rings. The smallest absolute Gasteiger partial charge is 0.146 e. The SMILES string of the molecule is [CH2]C1(C)COCOC1. The van der Waals surface area contributed by atoms with Crippen molar-refractivity contribution in [2.75, 3.05) is 20.0 Å². The molecule has 47 valence electrons. The highest BCUT2D eigenvalue weighted by atomic mass is 16.7. The Bertz CT molecular complexity index is 70.6. The molecule has 0 N–H and O–H groups in total. The molecule has 0 aromatic heterocycles. The lowest BCUT2D eigenvalue weighted by molar-refractivity contribution is -0.145. The lowest BCUT2D eigenvalue weighted by Gasteiger charge is -2.28. The molecule has 0 bridgehead atoms. The number of rotatable bonds is 0. The van der Waals surface area contributed by atoms with Crippen LogP contribution < -0.4 is 0 Å². The van der Waals surface area contributed by atoms with Crippen LogP contribution in [0.1, 0.15) is 6.92 Å². The lowest BCUT2D eigenvalue weighted by Crippen LogP contribution is -2.31. The van der Waals surface area contributed by atoms with Crippen molar-refractivity contribution in [2.24, 2.45) is 5.41 Å². The molecule has 0 aromatic carbocycles. The minimum absolute atomic E-state index is 0.0156. The molecule has 1 rings (SSSR count). The van der Waals surface area contributed by atoms with Crippen LogP contribution in [0.3, 0.4) is 0 Å². The highest BCUT2D eigenvalue weighted by Crippen LogP contribution is 2.18. The van der Waals surface area contributed by atoms with E-state index in [1.54, 1.807) is 0 Å². The van der Waals surface area contributed by atoms with Gasteiger partial charge in [-0.05, 0) is 6.92 Å². The Morgan fingerprint density at radius 2 is 1.88 bits per heavy atom. The van der Waals surface area contributed by atoms with Crippen molar-refractivity contribution in [1.82, 2.24) is 0 Å². The van der Waals surface area contributed by atoms with Crippen molar-refractivity contribution >= 4 is 0 Å². The summed E-state index contributed by atoms with van der Waals surface area (Å²) in [7, 11) is 0. The molecule has 2 nitrogen and oxygen atoms in total. The molecule has 1 radical (unpaired) electrons. The first kappa shape index (κ1) is 6.05. The van der Waals surface area contributed by atoms with E-state index >= 15 is 0 Å². The van der Waals surface area contributed by atoms with Crippen molar-refractivity contribution in [3.8, 4) is 0 Å². The molecule has 8 heavy (non-hydrogen) atoms. The van der Waals surface area contributed by atoms with Gasteiger partial charge in [0.25, 0.3) is 0 Å². The summed E-state index contributed by atoms with van der Waals surface area (Å²) in [5, 5.41) is 0. The van der Waals surface area contributed by atoms with Crippen LogP contribution in [0.4, 0.5) is 0 Å². The average molecular weight is 115 g/mol. The zero-order valence-corrected chi connectivity index (χ0v) is 5.14. The first-order chi connectivity index (χ1) is 3.71. The Morgan fingerprint density at radius 3 is 2.12 bits per heavy atom. The monoisotopic (exact) mass is 115 g/mol. The van der Waals surface area contributed by atoms with Crippen LogP contribution in [0, 0.1) is 12.3 Å². The normalized spacial score (nSPS) is 27.8. The molecule has 0 saturated carbocycles. The van der Waals surface area contributed by atoms with E-state index in [2.05, 4.69) is 6.92 Å². The quantitative estimate of drug-likeness (QED) is 0.465. The Kier molecular flexibility index (Phi) is 1.54. The number of hydrogen-bond acceptors (Lipinski definition) is 2. The molecular weight excluding hydrogens is 104 g/mol. The van der Waals surface area contributed by atoms with Crippen molar-refractivity contribution in [3.05, 3.63) is 6.92 Å². The van der Waals surface area contributed by atoms with Crippen LogP contribution >= 0.6 is 0 Å². The molecule has 0 spiro atoms. The second kappa shape index (κ2) is 2.03. The highest BCUT2D eigenvalue weighted by Gasteiger charge is 2.21. The van der Waals surface area contributed by atoms with Crippen LogP contribution in [0.5, 0.6) is 0 Å². The van der Waals surface area contributed by atoms with Gasteiger partial charge in [-0.15, -0.1) is 0 Å². The summed E-state index contributed by atoms with van der Waals surface area (Å²) in [4.78, 5) is 0. The lowest BCUT2D eigenvalue weighted by atomic mass is 9.96. The van der Waals surface area contributed by atoms with Crippen LogP contribution in [0.25, 0.3) is 0 Å². The van der Waals surface area contributed by atoms with E-state index in [1.807, 2.05) is 6.92 Å². The summed E-state index contributed by atoms with van der Waals surface area (Å²) in [6.07, 6.45) is 0. The fourth-order valence-corrected chi connectivity index (χ4v) is 0.677. The predicted octanol–water partition coefficient (Wildman–Crippen LogP) is 0.831. The summed E-state index contributed by atoms with van der Waals surface area (Å²) in [5.41, 5.74) is -0.0156. The van der Waals surface area contributed by atoms with Crippen LogP contribution in [-0.2, 0) is 9.47 Å². The summed E-state index contributed by atoms with van der Waals surface area (Å²) >= 11 is 0. The molecule has 1 fully saturated rings. The average Bonchev–Trinajstić information content (AvgIpc) is 1.65. The largest absolute Gasteiger partial charge is 0.355 e. The Balaban J connectivity index is 2.33. The van der Waals surface area contributed by atoms with Gasteiger partial charge in [-0.2, -0.15) is 0 Å². The van der Waals surface area contributed by atoms with E-state index in [4.69, 9.17) is 9.47 Å². The minimum atomic E-state index is -0.0156. The molecule has 1 saturated heterocycles. The van der Waals surface area contributed by atoms with E-state index in [-0.39, 0.29) is 5.41 Å². The van der Waals surface area contributed by atoms with E-state index in [0.717, 1.165) is 0 Å². The molecule has 0 amide bonds. The van der Waals surface area contributed by atoms with E-state index in [9.17, 15) is 0 Å². The zero-order chi connectivity index (χ0) is 6.04. The zero-order valence-electron chi connectivity index (χ0n) is 5.14. The van der Waals surface area contributed by atoms with E-state index in [0.29, 0.717) is 20.0 Å². The predicted molar refractivity (Wildman–Crippen MR) is 30.2 cm³/mol. The Hall–Kier alpha value is -0.0800. The van der Waals surface area contributed by atoms with Gasteiger partial charge in [0.1, 0.15) is 6.79 Å². The summed E-state index contributed by atoms with van der Waals surface area (Å²) in [6.45, 7) is 7.77. The van der Waals surface area contributed by atoms with Crippen LogP contribution in [0.2, 0.25) is 0 Å². The second-order valence-corrected chi connectivity index (χ2v) is 2.63. The molecule has 0 unspecified atom stereocenters. The van der Waals surface area contributed by atoms with Gasteiger partial charge in [0.05, 0.1) is 13.2 Å². The van der Waals surface area contributed by atoms with Gasteiger partial charge in [0.15, 0.2) is 0 Å². The van der Waals surface area contributed by atoms with Crippen LogP contribution in [0.15, 0.2) is 0 Å². The number of ether oxygens (including phenoxy) is 2. The van der Waals surface area contributed by atoms with Gasteiger partial charge in [0.2, 0.25) is 0 Å². The van der Waals surface area contributed by atoms with Crippen molar-refractivity contribution in [3.63, 3.8) is 0 Å². The third kappa shape index (κ3) is 1.46. The standard InChI is InChI=1S/C6H11O2/c1-6(2)3-7-5-8-4-6/h1,3-5H2,2H3. The van der Waals surface area contributed by atoms with E-state index < -0.39 is 0 Å². The van der Waals surface area contributed by atoms with Crippen molar-refractivity contribution in [1.29, 1.82) is 0 Å². The molecule has 0 aliphatic carbocycles. The molecule has 0 atom stereocenters. The molecule has 0 aromatic rings. The molecule has 1 heterocycles. The Labute approximate surface area is 49.8 Å². The fourth-order valence-electron chi connectivity index (χ4n) is 0.677. The third-order valence-corrected chi connectivity index (χ3v) is 1.07. The van der Waals surface area contributed by atoms with Gasteiger partial charge in [0, 0.05) is 5.41 Å². The molecule has 1 aliphatic heterocycles. The van der Waals surface area contributed by atoms with Gasteiger partial charge in [-0.25, -0.2) is 0 Å². The maximum Gasteiger partial charge on any atom is 0.146 e. The van der Waals surface area contributed by atoms with Gasteiger partial charge >= 0.3 is 0 Å². The molecule has 2 heteroatoms. The maximum absolute atomic E-state index is 5.00. The molecular formula is C6H11O2. The highest BCUT2D eigenvalue weighted by molar-refractivity contribution is 4.76. The number of hydrogen-bond donors (Lipinski definition) is 0. The maximum atomic E-state index is 5.00. The third-order valence-electron chi connectivity index (χ3n) is 1.07. The minimum Gasteiger partial charge on any atom is -0.355 e. The van der Waals surface area contributed by atoms with Gasteiger partial charge in [-0.1, -0.05) is 6.92 Å². The summed E-state index contributed by atoms with van der Waals surface area (Å²) in [6, 6.07) is 0. The topological polar surface area (TPSA) is 18.5 Å². The van der Waals surface area contributed by atoms with Crippen molar-refractivity contribution in [2.45, 2.75) is 6.92 Å². The summed E-state index contributed by atoms with van der Waals surface area (Å²) in [5.74, 6) is 0. The van der Waals surface area contributed by atoms with E-state index in [1.165, 1.54) is 0 Å². The summed E-state index contributed by atoms with van der Waals surface area (Å²) < 4.78 is 10.0.